The predicted octanol–water partition coefficient (Wildman–Crippen LogP) is 2.82. The molecule has 0 aliphatic heterocycles. The van der Waals surface area contributed by atoms with Crippen LogP contribution >= 0.6 is 0 Å². The minimum atomic E-state index is -3.32. The lowest BCUT2D eigenvalue weighted by atomic mass is 9.86. The van der Waals surface area contributed by atoms with Crippen LogP contribution in [0.2, 0.25) is 0 Å². The Bertz CT molecular complexity index is 1130. The molecule has 0 bridgehead atoms. The first-order valence-electron chi connectivity index (χ1n) is 9.97. The van der Waals surface area contributed by atoms with Gasteiger partial charge in [-0.15, -0.1) is 0 Å². The normalized spacial score (nSPS) is 19.7. The fraction of sp³-hybridized carbons (Fsp3) is 0.476. The van der Waals surface area contributed by atoms with Crippen LogP contribution in [0.1, 0.15) is 56.8 Å². The zero-order valence-electron chi connectivity index (χ0n) is 17.2. The Labute approximate surface area is 175 Å². The summed E-state index contributed by atoms with van der Waals surface area (Å²) in [5.41, 5.74) is 0.157. The molecule has 2 N–H and O–H groups in total. The third kappa shape index (κ3) is 4.96. The van der Waals surface area contributed by atoms with E-state index in [1.807, 2.05) is 0 Å². The fourth-order valence-corrected chi connectivity index (χ4v) is 4.51. The molecule has 9 heteroatoms. The van der Waals surface area contributed by atoms with E-state index >= 15 is 0 Å². The summed E-state index contributed by atoms with van der Waals surface area (Å²) >= 11 is 0. The van der Waals surface area contributed by atoms with E-state index in [9.17, 15) is 22.8 Å². The highest BCUT2D eigenvalue weighted by molar-refractivity contribution is 7.90. The van der Waals surface area contributed by atoms with Crippen molar-refractivity contribution in [2.75, 3.05) is 5.32 Å². The molecule has 1 saturated carbocycles. The van der Waals surface area contributed by atoms with Gasteiger partial charge < -0.3 is 9.73 Å². The van der Waals surface area contributed by atoms with E-state index in [1.165, 1.54) is 13.0 Å². The average Bonchev–Trinajstić information content (AvgIpc) is 2.67. The summed E-state index contributed by atoms with van der Waals surface area (Å²) < 4.78 is 31.9. The van der Waals surface area contributed by atoms with Gasteiger partial charge in [0.1, 0.15) is 11.1 Å². The minimum Gasteiger partial charge on any atom is -0.422 e. The predicted molar refractivity (Wildman–Crippen MR) is 114 cm³/mol. The summed E-state index contributed by atoms with van der Waals surface area (Å²) in [6.07, 6.45) is 2.39. The van der Waals surface area contributed by atoms with Gasteiger partial charge in [0.2, 0.25) is 15.9 Å². The maximum Gasteiger partial charge on any atom is 0.347 e. The van der Waals surface area contributed by atoms with Gasteiger partial charge in [-0.1, -0.05) is 0 Å². The molecular weight excluding hydrogens is 408 g/mol. The average molecular weight is 435 g/mol. The number of hydrogen-bond acceptors (Lipinski definition) is 6. The van der Waals surface area contributed by atoms with Crippen LogP contribution < -0.4 is 15.7 Å². The van der Waals surface area contributed by atoms with Gasteiger partial charge in [0.05, 0.1) is 5.25 Å². The summed E-state index contributed by atoms with van der Waals surface area (Å²) in [7, 11) is -3.32. The summed E-state index contributed by atoms with van der Waals surface area (Å²) in [6, 6.07) is 6.19. The molecule has 30 heavy (non-hydrogen) atoms. The minimum absolute atomic E-state index is 0.0341. The molecule has 1 aliphatic carbocycles. The lowest BCUT2D eigenvalue weighted by Crippen LogP contribution is -2.42. The standard InChI is InChI=1S/C21H26N2O6S/c1-12(2)30(27,28)23-16-6-4-14(5-7-16)20(25)22-17-8-9-19-15(10-17)11-18(13(3)24)21(26)29-19/h8-12,14,16,23H,4-7H2,1-3H3,(H,22,25). The van der Waals surface area contributed by atoms with Crippen LogP contribution in [0.3, 0.4) is 0 Å². The van der Waals surface area contributed by atoms with E-state index in [2.05, 4.69) is 10.0 Å². The van der Waals surface area contributed by atoms with Crippen molar-refractivity contribution >= 4 is 38.4 Å². The van der Waals surface area contributed by atoms with Crippen molar-refractivity contribution in [1.82, 2.24) is 4.72 Å². The summed E-state index contributed by atoms with van der Waals surface area (Å²) in [4.78, 5) is 36.0. The molecule has 0 atom stereocenters. The van der Waals surface area contributed by atoms with E-state index in [0.29, 0.717) is 42.3 Å². The van der Waals surface area contributed by atoms with E-state index in [0.717, 1.165) is 0 Å². The van der Waals surface area contributed by atoms with Crippen LogP contribution in [0.4, 0.5) is 5.69 Å². The first kappa shape index (κ1) is 22.2. The molecule has 0 spiro atoms. The second-order valence-corrected chi connectivity index (χ2v) is 10.3. The first-order chi connectivity index (χ1) is 14.1. The summed E-state index contributed by atoms with van der Waals surface area (Å²) in [5, 5.41) is 2.93. The van der Waals surface area contributed by atoms with Crippen LogP contribution in [0.25, 0.3) is 11.0 Å². The molecular formula is C21H26N2O6S. The molecule has 0 unspecified atom stereocenters. The number of sulfonamides is 1. The Morgan fingerprint density at radius 2 is 1.77 bits per heavy atom. The second-order valence-electron chi connectivity index (χ2n) is 8.01. The first-order valence-corrected chi connectivity index (χ1v) is 11.5. The van der Waals surface area contributed by atoms with Gasteiger partial charge in [-0.3, -0.25) is 9.59 Å². The molecule has 0 saturated heterocycles. The Morgan fingerprint density at radius 1 is 1.10 bits per heavy atom. The van der Waals surface area contributed by atoms with E-state index < -0.39 is 20.9 Å². The Morgan fingerprint density at radius 3 is 2.37 bits per heavy atom. The van der Waals surface area contributed by atoms with Crippen LogP contribution in [-0.4, -0.2) is 31.4 Å². The SMILES string of the molecule is CC(=O)c1cc2cc(NC(=O)C3CCC(NS(=O)(=O)C(C)C)CC3)ccc2oc1=O. The van der Waals surface area contributed by atoms with Crippen molar-refractivity contribution in [3.8, 4) is 0 Å². The highest BCUT2D eigenvalue weighted by atomic mass is 32.2. The van der Waals surface area contributed by atoms with Gasteiger partial charge in [-0.2, -0.15) is 0 Å². The molecule has 1 aliphatic rings. The number of fused-ring (bicyclic) bond motifs is 1. The van der Waals surface area contributed by atoms with Gasteiger partial charge in [0.25, 0.3) is 0 Å². The van der Waals surface area contributed by atoms with Crippen LogP contribution in [-0.2, 0) is 14.8 Å². The van der Waals surface area contributed by atoms with Crippen molar-refractivity contribution in [3.63, 3.8) is 0 Å². The summed E-state index contributed by atoms with van der Waals surface area (Å²) in [5.74, 6) is -0.726. The fourth-order valence-electron chi connectivity index (χ4n) is 3.53. The Kier molecular flexibility index (Phi) is 6.42. The molecule has 0 radical (unpaired) electrons. The summed E-state index contributed by atoms with van der Waals surface area (Å²) in [6.45, 7) is 4.56. The van der Waals surface area contributed by atoms with Crippen molar-refractivity contribution < 1.29 is 22.4 Å². The number of carbonyl (C=O) groups is 2. The van der Waals surface area contributed by atoms with Gasteiger partial charge in [-0.05, 0) is 70.7 Å². The van der Waals surface area contributed by atoms with Crippen molar-refractivity contribution in [2.45, 2.75) is 57.7 Å². The number of carbonyl (C=O) groups excluding carboxylic acids is 2. The van der Waals surface area contributed by atoms with Gasteiger partial charge in [0, 0.05) is 23.0 Å². The number of Topliss-reactive ketones (excluding diaryl/α,β-unsaturated/α-hetero) is 1. The molecule has 1 aromatic heterocycles. The number of ketones is 1. The molecule has 162 valence electrons. The number of hydrogen-bond donors (Lipinski definition) is 2. The lowest BCUT2D eigenvalue weighted by Gasteiger charge is -2.28. The number of nitrogens with one attached hydrogen (secondary N) is 2. The van der Waals surface area contributed by atoms with E-state index in [4.69, 9.17) is 4.42 Å². The highest BCUT2D eigenvalue weighted by Crippen LogP contribution is 2.27. The number of anilines is 1. The van der Waals surface area contributed by atoms with Crippen LogP contribution in [0, 0.1) is 5.92 Å². The molecule has 2 aromatic rings. The van der Waals surface area contributed by atoms with Crippen LogP contribution in [0.5, 0.6) is 0 Å². The maximum absolute atomic E-state index is 12.7. The van der Waals surface area contributed by atoms with Gasteiger partial charge in [0.15, 0.2) is 5.78 Å². The number of rotatable bonds is 6. The smallest absolute Gasteiger partial charge is 0.347 e. The molecule has 1 heterocycles. The van der Waals surface area contributed by atoms with Gasteiger partial charge in [-0.25, -0.2) is 17.9 Å². The van der Waals surface area contributed by atoms with E-state index in [1.54, 1.807) is 32.0 Å². The second kappa shape index (κ2) is 8.69. The molecule has 1 amide bonds. The lowest BCUT2D eigenvalue weighted by molar-refractivity contribution is -0.120. The zero-order chi connectivity index (χ0) is 22.1. The van der Waals surface area contributed by atoms with Crippen molar-refractivity contribution in [1.29, 1.82) is 0 Å². The quantitative estimate of drug-likeness (QED) is 0.532. The zero-order valence-corrected chi connectivity index (χ0v) is 18.0. The Balaban J connectivity index is 1.65. The molecule has 3 rings (SSSR count). The third-order valence-electron chi connectivity index (χ3n) is 5.43. The van der Waals surface area contributed by atoms with Crippen molar-refractivity contribution in [2.24, 2.45) is 5.92 Å². The monoisotopic (exact) mass is 434 g/mol. The van der Waals surface area contributed by atoms with Gasteiger partial charge >= 0.3 is 5.63 Å². The number of benzene rings is 1. The molecule has 1 aromatic carbocycles. The largest absolute Gasteiger partial charge is 0.422 e. The topological polar surface area (TPSA) is 123 Å². The molecule has 8 nitrogen and oxygen atoms in total. The maximum atomic E-state index is 12.7. The Hall–Kier alpha value is -2.52. The highest BCUT2D eigenvalue weighted by Gasteiger charge is 2.29. The van der Waals surface area contributed by atoms with E-state index in [-0.39, 0.29) is 29.2 Å². The third-order valence-corrected chi connectivity index (χ3v) is 7.33. The van der Waals surface area contributed by atoms with Crippen molar-refractivity contribution in [3.05, 3.63) is 40.2 Å². The molecule has 1 fully saturated rings. The van der Waals surface area contributed by atoms with Crippen LogP contribution in [0.15, 0.2) is 33.5 Å². The number of amides is 1.